The zero-order valence-corrected chi connectivity index (χ0v) is 37.1. The lowest BCUT2D eigenvalue weighted by Crippen LogP contribution is -2.28. The van der Waals surface area contributed by atoms with Gasteiger partial charge in [0.05, 0.1) is 27.8 Å². The lowest BCUT2D eigenvalue weighted by Gasteiger charge is -2.34. The van der Waals surface area contributed by atoms with Crippen LogP contribution in [0.2, 0.25) is 0 Å². The first-order valence-electron chi connectivity index (χ1n) is 23.4. The third-order valence-corrected chi connectivity index (χ3v) is 14.5. The normalized spacial score (nSPS) is 12.8. The summed E-state index contributed by atoms with van der Waals surface area (Å²) in [7, 11) is 0. The number of furan rings is 1. The molecule has 1 aliphatic carbocycles. The van der Waals surface area contributed by atoms with E-state index in [1.165, 1.54) is 55.2 Å². The van der Waals surface area contributed by atoms with E-state index in [2.05, 4.69) is 264 Å². The first-order valence-corrected chi connectivity index (χ1v) is 23.4. The van der Waals surface area contributed by atoms with Crippen LogP contribution in [0.25, 0.3) is 82.5 Å². The number of anilines is 3. The average molecular weight is 867 g/mol. The summed E-state index contributed by atoms with van der Waals surface area (Å²) in [6, 6.07) is 93.1. The van der Waals surface area contributed by atoms with Gasteiger partial charge in [0.15, 0.2) is 0 Å². The number of hydrogen-bond acceptors (Lipinski definition) is 2. The minimum atomic E-state index is -0.566. The maximum absolute atomic E-state index is 7.07. The first-order chi connectivity index (χ1) is 33.8. The molecule has 0 aliphatic heterocycles. The van der Waals surface area contributed by atoms with Crippen molar-refractivity contribution in [3.63, 3.8) is 0 Å². The Kier molecular flexibility index (Phi) is 8.50. The molecule has 2 heterocycles. The highest BCUT2D eigenvalue weighted by Crippen LogP contribution is 2.60. The van der Waals surface area contributed by atoms with Crippen molar-refractivity contribution in [3.8, 4) is 27.9 Å². The summed E-state index contributed by atoms with van der Waals surface area (Å²) in [6.07, 6.45) is 0. The Morgan fingerprint density at radius 2 is 0.897 bits per heavy atom. The van der Waals surface area contributed by atoms with E-state index in [4.69, 9.17) is 4.42 Å². The lowest BCUT2D eigenvalue weighted by atomic mass is 9.68. The van der Waals surface area contributed by atoms with E-state index in [-0.39, 0.29) is 0 Å². The van der Waals surface area contributed by atoms with Crippen LogP contribution in [0.4, 0.5) is 17.1 Å². The van der Waals surface area contributed by atoms with Gasteiger partial charge in [0.2, 0.25) is 0 Å². The average Bonchev–Trinajstić information content (AvgIpc) is 4.07. The molecule has 0 saturated carbocycles. The van der Waals surface area contributed by atoms with Gasteiger partial charge in [-0.2, -0.15) is 0 Å². The van der Waals surface area contributed by atoms with Crippen molar-refractivity contribution in [2.24, 2.45) is 0 Å². The predicted molar refractivity (Wildman–Crippen MR) is 283 cm³/mol. The van der Waals surface area contributed by atoms with Crippen LogP contribution in [0.15, 0.2) is 259 Å². The van der Waals surface area contributed by atoms with Gasteiger partial charge in [0.1, 0.15) is 11.2 Å². The summed E-state index contributed by atoms with van der Waals surface area (Å²) in [5.41, 5.74) is 17.4. The number of para-hydroxylation sites is 4. The summed E-state index contributed by atoms with van der Waals surface area (Å²) in [6.45, 7) is 0. The predicted octanol–water partition coefficient (Wildman–Crippen LogP) is 17.3. The van der Waals surface area contributed by atoms with Crippen LogP contribution < -0.4 is 4.90 Å². The topological polar surface area (TPSA) is 21.3 Å². The van der Waals surface area contributed by atoms with Crippen LogP contribution in [0.1, 0.15) is 22.3 Å². The second kappa shape index (κ2) is 15.1. The molecule has 0 amide bonds. The summed E-state index contributed by atoms with van der Waals surface area (Å²) in [5, 5.41) is 6.96. The van der Waals surface area contributed by atoms with Gasteiger partial charge in [-0.3, -0.25) is 0 Å². The highest BCUT2D eigenvalue weighted by Gasteiger charge is 2.47. The van der Waals surface area contributed by atoms with Gasteiger partial charge < -0.3 is 13.9 Å². The molecule has 68 heavy (non-hydrogen) atoms. The highest BCUT2D eigenvalue weighted by atomic mass is 16.3. The first kappa shape index (κ1) is 38.4. The Hall–Kier alpha value is -8.92. The van der Waals surface area contributed by atoms with E-state index in [0.717, 1.165) is 66.6 Å². The van der Waals surface area contributed by atoms with Crippen LogP contribution >= 0.6 is 0 Å². The van der Waals surface area contributed by atoms with Crippen LogP contribution in [0.5, 0.6) is 0 Å². The second-order valence-corrected chi connectivity index (χ2v) is 17.9. The van der Waals surface area contributed by atoms with Gasteiger partial charge in [0.25, 0.3) is 0 Å². The molecule has 3 heteroatoms. The number of rotatable bonds is 7. The molecule has 0 radical (unpaired) electrons. The zero-order chi connectivity index (χ0) is 44.8. The van der Waals surface area contributed by atoms with Gasteiger partial charge in [-0.15, -0.1) is 0 Å². The van der Waals surface area contributed by atoms with Crippen molar-refractivity contribution in [3.05, 3.63) is 277 Å². The maximum Gasteiger partial charge on any atom is 0.143 e. The van der Waals surface area contributed by atoms with Crippen molar-refractivity contribution in [2.45, 2.75) is 5.41 Å². The minimum Gasteiger partial charge on any atom is -0.455 e. The van der Waals surface area contributed by atoms with Crippen molar-refractivity contribution >= 4 is 71.6 Å². The molecule has 2 aromatic heterocycles. The molecule has 0 atom stereocenters. The fourth-order valence-electron chi connectivity index (χ4n) is 11.7. The molecule has 0 spiro atoms. The largest absolute Gasteiger partial charge is 0.455 e. The van der Waals surface area contributed by atoms with E-state index in [0.29, 0.717) is 0 Å². The van der Waals surface area contributed by atoms with Crippen molar-refractivity contribution in [2.75, 3.05) is 4.90 Å². The molecular formula is C65H42N2O. The summed E-state index contributed by atoms with van der Waals surface area (Å²) < 4.78 is 9.49. The quantitative estimate of drug-likeness (QED) is 0.159. The minimum absolute atomic E-state index is 0.566. The van der Waals surface area contributed by atoms with Gasteiger partial charge in [0, 0.05) is 55.0 Å². The summed E-state index contributed by atoms with van der Waals surface area (Å²) in [5.74, 6) is 0. The second-order valence-electron chi connectivity index (χ2n) is 17.9. The summed E-state index contributed by atoms with van der Waals surface area (Å²) in [4.78, 5) is 2.51. The Bertz CT molecular complexity index is 4010. The summed E-state index contributed by atoms with van der Waals surface area (Å²) >= 11 is 0. The number of nitrogens with zero attached hydrogens (tertiary/aromatic N) is 2. The van der Waals surface area contributed by atoms with Crippen LogP contribution in [0.3, 0.4) is 0 Å². The molecule has 11 aromatic carbocycles. The third kappa shape index (κ3) is 5.47. The van der Waals surface area contributed by atoms with E-state index >= 15 is 0 Å². The molecule has 14 rings (SSSR count). The molecule has 0 saturated heterocycles. The Morgan fingerprint density at radius 3 is 1.66 bits per heavy atom. The Morgan fingerprint density at radius 1 is 0.353 bits per heavy atom. The monoisotopic (exact) mass is 866 g/mol. The molecule has 0 unspecified atom stereocenters. The van der Waals surface area contributed by atoms with E-state index in [1.807, 2.05) is 0 Å². The number of benzene rings is 11. The number of aromatic nitrogens is 1. The standard InChI is InChI=1S/C65H42N2O/c1-3-21-44(22-4-1)65(45-23-5-2-6-24-45)56-34-13-9-31-55(56)62-57(65)35-19-39-61(62)67(47-26-17-25-46(42-47)66-58-36-14-10-28-49(58)50-29-11-15-37-59(50)66)60-38-16-12-30-51(60)52-32-18-33-53-54-41-40-43-20-7-8-27-48(43)63(54)68-64(52)53/h1-42H. The fraction of sp³-hybridized carbons (Fsp3) is 0.0154. The SMILES string of the molecule is c1ccc(C2(c3ccccc3)c3ccccc3-c3c(N(c4cccc(-n5c6ccccc6c6ccccc65)c4)c4ccccc4-c4cccc5c4oc4c6ccccc6ccc54)cccc32)cc1. The van der Waals surface area contributed by atoms with Crippen molar-refractivity contribution in [1.82, 2.24) is 4.57 Å². The fourth-order valence-corrected chi connectivity index (χ4v) is 11.7. The molecule has 0 N–H and O–H groups in total. The molecule has 0 fully saturated rings. The molecule has 1 aliphatic rings. The van der Waals surface area contributed by atoms with Crippen LogP contribution in [0, 0.1) is 0 Å². The Balaban J connectivity index is 1.08. The van der Waals surface area contributed by atoms with Crippen LogP contribution in [-0.2, 0) is 5.41 Å². The van der Waals surface area contributed by atoms with E-state index in [1.54, 1.807) is 0 Å². The molecular weight excluding hydrogens is 825 g/mol. The molecule has 318 valence electrons. The van der Waals surface area contributed by atoms with Crippen LogP contribution in [-0.4, -0.2) is 4.57 Å². The number of hydrogen-bond donors (Lipinski definition) is 0. The number of fused-ring (bicyclic) bond motifs is 11. The highest BCUT2D eigenvalue weighted by molar-refractivity contribution is 6.18. The zero-order valence-electron chi connectivity index (χ0n) is 37.1. The smallest absolute Gasteiger partial charge is 0.143 e. The van der Waals surface area contributed by atoms with Gasteiger partial charge in [-0.1, -0.05) is 206 Å². The van der Waals surface area contributed by atoms with Gasteiger partial charge >= 0.3 is 0 Å². The van der Waals surface area contributed by atoms with Crippen molar-refractivity contribution < 1.29 is 4.42 Å². The maximum atomic E-state index is 7.07. The molecule has 13 aromatic rings. The van der Waals surface area contributed by atoms with Gasteiger partial charge in [-0.05, 0) is 81.7 Å². The van der Waals surface area contributed by atoms with E-state index in [9.17, 15) is 0 Å². The lowest BCUT2D eigenvalue weighted by molar-refractivity contribution is 0.674. The Labute approximate surface area is 394 Å². The van der Waals surface area contributed by atoms with E-state index < -0.39 is 5.41 Å². The molecule has 3 nitrogen and oxygen atoms in total. The van der Waals surface area contributed by atoms with Gasteiger partial charge in [-0.25, -0.2) is 0 Å². The third-order valence-electron chi connectivity index (χ3n) is 14.5. The van der Waals surface area contributed by atoms with Crippen molar-refractivity contribution in [1.29, 1.82) is 0 Å². The molecule has 0 bridgehead atoms.